The molecule has 4 aliphatic heterocycles. The van der Waals surface area contributed by atoms with Crippen LogP contribution in [0, 0.1) is 0 Å². The van der Waals surface area contributed by atoms with Crippen LogP contribution < -0.4 is 10.2 Å². The average molecular weight is 1040 g/mol. The SMILES string of the molecule is CC1(C)C(/C=C/C=C/C=C/C=C2/N(CCCCS(=O)(=O)O)c3ccc(C(=O)NC4C(O)OC(CO)C(O)C4OC4OC(C(=O)O)C(O)C(O)C4O)cc3C2(C)C)=[N+](CCCCS(=O)(=O)O)c2ccccc21. The molecule has 10 unspecified atom stereocenters. The van der Waals surface area contributed by atoms with Crippen molar-refractivity contribution in [2.45, 2.75) is 126 Å². The van der Waals surface area contributed by atoms with E-state index in [1.165, 1.54) is 6.07 Å². The number of nitrogens with one attached hydrogen (secondary N) is 1. The second kappa shape index (κ2) is 22.6. The van der Waals surface area contributed by atoms with Gasteiger partial charge in [0, 0.05) is 53.0 Å². The quantitative estimate of drug-likeness (QED) is 0.0385. The van der Waals surface area contributed by atoms with Gasteiger partial charge < -0.3 is 60.2 Å². The standard InChI is InChI=1S/C48H63N3O18S2/c1-47(2)29-16-10-11-17-31(29)50(22-12-14-24-70(61,62)63)34(47)18-8-6-5-7-9-19-35-48(3,4)30-26-28(20-21-32(30)51(35)23-13-15-25-71(64,65)66)43(57)49-36-41(37(53)33(27-52)67-45(36)60)68-46-40(56)38(54)39(55)42(69-46)44(58)59/h5-11,16-21,26,33,36-42,45-46,52-56,60H,12-15,22-25,27H2,1-4H3,(H3-,49,57,58,59,61,62,63,64,65,66)/p+1. The lowest BCUT2D eigenvalue weighted by Gasteiger charge is -2.46. The minimum atomic E-state index is -4.21. The molecule has 23 heteroatoms. The molecule has 2 fully saturated rings. The van der Waals surface area contributed by atoms with Gasteiger partial charge in [-0.2, -0.15) is 21.4 Å². The Labute approximate surface area is 412 Å². The summed E-state index contributed by atoms with van der Waals surface area (Å²) in [5, 5.41) is 75.3. The number of benzene rings is 2. The lowest BCUT2D eigenvalue weighted by atomic mass is 9.81. The Morgan fingerprint density at radius 3 is 2.10 bits per heavy atom. The van der Waals surface area contributed by atoms with Gasteiger partial charge in [-0.05, 0) is 62.9 Å². The van der Waals surface area contributed by atoms with Gasteiger partial charge in [-0.25, -0.2) is 4.79 Å². The largest absolute Gasteiger partial charge is 0.479 e. The van der Waals surface area contributed by atoms with Crippen LogP contribution in [0.1, 0.15) is 74.9 Å². The van der Waals surface area contributed by atoms with Crippen LogP contribution in [0.4, 0.5) is 11.4 Å². The number of ether oxygens (including phenoxy) is 3. The summed E-state index contributed by atoms with van der Waals surface area (Å²) in [7, 11) is -8.28. The number of aliphatic hydroxyl groups is 6. The van der Waals surface area contributed by atoms with Crippen molar-refractivity contribution in [1.29, 1.82) is 0 Å². The number of nitrogens with zero attached hydrogens (tertiary/aromatic N) is 2. The first kappa shape index (κ1) is 55.6. The molecule has 2 aromatic carbocycles. The highest BCUT2D eigenvalue weighted by Crippen LogP contribution is 2.48. The van der Waals surface area contributed by atoms with Crippen molar-refractivity contribution in [3.63, 3.8) is 0 Å². The minimum absolute atomic E-state index is 0.0703. The van der Waals surface area contributed by atoms with Gasteiger partial charge in [-0.15, -0.1) is 0 Å². The highest BCUT2D eigenvalue weighted by molar-refractivity contribution is 7.86. The predicted octanol–water partition coefficient (Wildman–Crippen LogP) is 1.20. The van der Waals surface area contributed by atoms with Crippen molar-refractivity contribution in [2.75, 3.05) is 36.1 Å². The molecule has 10 N–H and O–H groups in total. The third-order valence-corrected chi connectivity index (χ3v) is 14.9. The zero-order chi connectivity index (χ0) is 52.2. The van der Waals surface area contributed by atoms with Crippen molar-refractivity contribution in [1.82, 2.24) is 5.32 Å². The number of para-hydroxylation sites is 1. The molecule has 21 nitrogen and oxygen atoms in total. The summed E-state index contributed by atoms with van der Waals surface area (Å²) in [6.45, 7) is 8.13. The van der Waals surface area contributed by atoms with Gasteiger partial charge in [0.05, 0.1) is 23.5 Å². The Bertz CT molecular complexity index is 2660. The van der Waals surface area contributed by atoms with Crippen LogP contribution in [0.3, 0.4) is 0 Å². The topological polar surface area (TPSA) is 330 Å². The summed E-state index contributed by atoms with van der Waals surface area (Å²) in [6, 6.07) is 11.2. The van der Waals surface area contributed by atoms with E-state index in [1.54, 1.807) is 12.1 Å². The maximum absolute atomic E-state index is 14.1. The summed E-state index contributed by atoms with van der Waals surface area (Å²) < 4.78 is 82.8. The van der Waals surface area contributed by atoms with Crippen molar-refractivity contribution >= 4 is 49.2 Å². The van der Waals surface area contributed by atoms with E-state index in [-0.39, 0.29) is 23.2 Å². The zero-order valence-electron chi connectivity index (χ0n) is 39.6. The van der Waals surface area contributed by atoms with Crippen LogP contribution in [0.5, 0.6) is 0 Å². The fourth-order valence-corrected chi connectivity index (χ4v) is 10.6. The van der Waals surface area contributed by atoms with Crippen molar-refractivity contribution in [3.8, 4) is 0 Å². The molecule has 6 rings (SSSR count). The molecule has 4 heterocycles. The summed E-state index contributed by atoms with van der Waals surface area (Å²) >= 11 is 0. The predicted molar refractivity (Wildman–Crippen MR) is 257 cm³/mol. The number of fused-ring (bicyclic) bond motifs is 2. The first-order valence-electron chi connectivity index (χ1n) is 23.1. The number of aliphatic carboxylic acids is 1. The number of anilines is 1. The second-order valence-electron chi connectivity index (χ2n) is 18.9. The van der Waals surface area contributed by atoms with Crippen LogP contribution >= 0.6 is 0 Å². The van der Waals surface area contributed by atoms with Gasteiger partial charge in [-0.1, -0.05) is 62.4 Å². The molecule has 0 spiro atoms. The third-order valence-electron chi connectivity index (χ3n) is 13.2. The molecular formula is C48H64N3O18S2+. The molecule has 0 aromatic heterocycles. The number of rotatable bonds is 20. The fraction of sp³-hybridized carbons (Fsp3) is 0.521. The summed E-state index contributed by atoms with van der Waals surface area (Å²) in [5.41, 5.74) is 4.26. The minimum Gasteiger partial charge on any atom is -0.479 e. The van der Waals surface area contributed by atoms with Gasteiger partial charge in [0.25, 0.3) is 26.1 Å². The molecular weight excluding hydrogens is 971 g/mol. The van der Waals surface area contributed by atoms with Gasteiger partial charge in [-0.3, -0.25) is 13.9 Å². The molecule has 0 radical (unpaired) electrons. The van der Waals surface area contributed by atoms with Gasteiger partial charge in [0.1, 0.15) is 49.2 Å². The second-order valence-corrected chi connectivity index (χ2v) is 22.1. The molecule has 2 saturated heterocycles. The Kier molecular flexibility index (Phi) is 17.7. The Hall–Kier alpha value is -4.73. The fourth-order valence-electron chi connectivity index (χ4n) is 9.49. The monoisotopic (exact) mass is 1030 g/mol. The van der Waals surface area contributed by atoms with Gasteiger partial charge in [0.2, 0.25) is 5.69 Å². The molecule has 0 bridgehead atoms. The molecule has 4 aliphatic rings. The molecule has 2 aromatic rings. The van der Waals surface area contributed by atoms with Crippen LogP contribution in [0.25, 0.3) is 0 Å². The lowest BCUT2D eigenvalue weighted by molar-refractivity contribution is -0.438. The number of hydrogen-bond donors (Lipinski definition) is 10. The third kappa shape index (κ3) is 12.7. The van der Waals surface area contributed by atoms with Crippen LogP contribution in [-0.2, 0) is 50.1 Å². The molecule has 0 saturated carbocycles. The number of aliphatic hydroxyl groups excluding tert-OH is 6. The lowest BCUT2D eigenvalue weighted by Crippen LogP contribution is -2.68. The van der Waals surface area contributed by atoms with Gasteiger partial charge in [0.15, 0.2) is 24.4 Å². The molecule has 390 valence electrons. The van der Waals surface area contributed by atoms with Crippen molar-refractivity contribution in [3.05, 3.63) is 107 Å². The number of allylic oxidation sites excluding steroid dienone is 8. The average Bonchev–Trinajstić information content (AvgIpc) is 3.64. The van der Waals surface area contributed by atoms with E-state index in [9.17, 15) is 71.3 Å². The highest BCUT2D eigenvalue weighted by atomic mass is 32.2. The van der Waals surface area contributed by atoms with E-state index in [0.717, 1.165) is 22.7 Å². The van der Waals surface area contributed by atoms with E-state index in [4.69, 9.17) is 14.2 Å². The molecule has 10 atom stereocenters. The molecule has 71 heavy (non-hydrogen) atoms. The number of hydrogen-bond acceptors (Lipinski definition) is 16. The Morgan fingerprint density at radius 2 is 1.44 bits per heavy atom. The number of carbonyl (C=O) groups is 2. The molecule has 1 amide bonds. The first-order valence-corrected chi connectivity index (χ1v) is 26.3. The summed E-state index contributed by atoms with van der Waals surface area (Å²) in [4.78, 5) is 27.8. The van der Waals surface area contributed by atoms with Crippen molar-refractivity contribution in [2.24, 2.45) is 0 Å². The normalized spacial score (nSPS) is 29.1. The molecule has 0 aliphatic carbocycles. The first-order chi connectivity index (χ1) is 33.3. The van der Waals surface area contributed by atoms with Gasteiger partial charge >= 0.3 is 5.97 Å². The number of amides is 1. The van der Waals surface area contributed by atoms with E-state index in [0.29, 0.717) is 43.6 Å². The Morgan fingerprint density at radius 1 is 0.789 bits per heavy atom. The number of carboxylic acids is 1. The number of unbranched alkanes of at least 4 members (excludes halogenated alkanes) is 2. The smallest absolute Gasteiger partial charge is 0.335 e. The number of carbonyl (C=O) groups excluding carboxylic acids is 1. The maximum atomic E-state index is 14.1. The van der Waals surface area contributed by atoms with Crippen LogP contribution in [-0.4, -0.2) is 176 Å². The zero-order valence-corrected chi connectivity index (χ0v) is 41.3. The number of carboxylic acid groups (broad SMARTS) is 1. The summed E-state index contributed by atoms with van der Waals surface area (Å²) in [5.74, 6) is -3.26. The van der Waals surface area contributed by atoms with E-state index < -0.39 is 111 Å². The van der Waals surface area contributed by atoms with Crippen LogP contribution in [0.2, 0.25) is 0 Å². The Balaban J connectivity index is 1.23. The van der Waals surface area contributed by atoms with E-state index >= 15 is 0 Å². The summed E-state index contributed by atoms with van der Waals surface area (Å²) in [6.07, 6.45) is -2.72. The van der Waals surface area contributed by atoms with E-state index in [1.807, 2.05) is 79.5 Å². The van der Waals surface area contributed by atoms with E-state index in [2.05, 4.69) is 29.8 Å². The maximum Gasteiger partial charge on any atom is 0.335 e. The highest BCUT2D eigenvalue weighted by Gasteiger charge is 2.53. The van der Waals surface area contributed by atoms with Crippen LogP contribution in [0.15, 0.2) is 90.7 Å². The van der Waals surface area contributed by atoms with Crippen molar-refractivity contribution < 1.29 is 90.1 Å².